The van der Waals surface area contributed by atoms with Crippen LogP contribution < -0.4 is 0 Å². The number of fused-ring (bicyclic) bond motifs is 1. The summed E-state index contributed by atoms with van der Waals surface area (Å²) >= 11 is 0. The number of aromatic amines is 1. The average Bonchev–Trinajstić information content (AvgIpc) is 2.63. The molecule has 0 aliphatic carbocycles. The van der Waals surface area contributed by atoms with Crippen molar-refractivity contribution < 1.29 is 4.92 Å². The molecule has 0 saturated heterocycles. The van der Waals surface area contributed by atoms with E-state index < -0.39 is 0 Å². The molecule has 4 heteroatoms. The van der Waals surface area contributed by atoms with Gasteiger partial charge in [-0.3, -0.25) is 10.1 Å². The zero-order valence-corrected chi connectivity index (χ0v) is 7.78. The molecule has 0 saturated carbocycles. The van der Waals surface area contributed by atoms with E-state index in [9.17, 15) is 10.1 Å². The van der Waals surface area contributed by atoms with E-state index in [1.807, 2.05) is 13.0 Å². The van der Waals surface area contributed by atoms with Crippen LogP contribution in [-0.2, 0) is 6.42 Å². The number of H-pyrrole nitrogens is 1. The van der Waals surface area contributed by atoms with E-state index in [-0.39, 0.29) is 10.6 Å². The summed E-state index contributed by atoms with van der Waals surface area (Å²) < 4.78 is 0. The van der Waals surface area contributed by atoms with Crippen molar-refractivity contribution in [1.29, 1.82) is 0 Å². The monoisotopic (exact) mass is 190 g/mol. The molecule has 0 aliphatic heterocycles. The first-order valence-electron chi connectivity index (χ1n) is 4.47. The predicted octanol–water partition coefficient (Wildman–Crippen LogP) is 2.64. The molecule has 2 rings (SSSR count). The van der Waals surface area contributed by atoms with Crippen LogP contribution in [0.3, 0.4) is 0 Å². The average molecular weight is 190 g/mol. The Hall–Kier alpha value is -1.84. The minimum atomic E-state index is -0.328. The van der Waals surface area contributed by atoms with E-state index in [0.29, 0.717) is 6.42 Å². The zero-order chi connectivity index (χ0) is 10.1. The standard InChI is InChI=1S/C10H10N2O2/c1-2-7-8-5-6-11-9(8)3-4-10(7)12(13)14/h3-6,11H,2H2,1H3. The fraction of sp³-hybridized carbons (Fsp3) is 0.200. The van der Waals surface area contributed by atoms with Crippen LogP contribution in [0.15, 0.2) is 24.4 Å². The summed E-state index contributed by atoms with van der Waals surface area (Å²) in [5.74, 6) is 0. The molecular formula is C10H10N2O2. The molecular weight excluding hydrogens is 180 g/mol. The molecule has 0 fully saturated rings. The number of hydrogen-bond donors (Lipinski definition) is 1. The smallest absolute Gasteiger partial charge is 0.273 e. The second-order valence-corrected chi connectivity index (χ2v) is 3.11. The van der Waals surface area contributed by atoms with Gasteiger partial charge in [-0.25, -0.2) is 0 Å². The van der Waals surface area contributed by atoms with Gasteiger partial charge >= 0.3 is 0 Å². The largest absolute Gasteiger partial charge is 0.361 e. The fourth-order valence-corrected chi connectivity index (χ4v) is 1.73. The number of hydrogen-bond acceptors (Lipinski definition) is 2. The third-order valence-electron chi connectivity index (χ3n) is 2.37. The van der Waals surface area contributed by atoms with Crippen molar-refractivity contribution >= 4 is 16.6 Å². The van der Waals surface area contributed by atoms with E-state index >= 15 is 0 Å². The highest BCUT2D eigenvalue weighted by atomic mass is 16.6. The first-order chi connectivity index (χ1) is 6.74. The minimum Gasteiger partial charge on any atom is -0.361 e. The molecule has 0 bridgehead atoms. The van der Waals surface area contributed by atoms with Crippen molar-refractivity contribution in [3.05, 3.63) is 40.1 Å². The molecule has 1 N–H and O–H groups in total. The summed E-state index contributed by atoms with van der Waals surface area (Å²) in [7, 11) is 0. The Bertz CT molecular complexity index is 488. The quantitative estimate of drug-likeness (QED) is 0.584. The lowest BCUT2D eigenvalue weighted by Crippen LogP contribution is -1.94. The number of aryl methyl sites for hydroxylation is 1. The van der Waals surface area contributed by atoms with Crippen LogP contribution in [0.1, 0.15) is 12.5 Å². The van der Waals surface area contributed by atoms with Gasteiger partial charge < -0.3 is 4.98 Å². The number of nitro benzene ring substituents is 1. The summed E-state index contributed by atoms with van der Waals surface area (Å²) in [4.78, 5) is 13.5. The highest BCUT2D eigenvalue weighted by Crippen LogP contribution is 2.27. The number of nitro groups is 1. The van der Waals surface area contributed by atoms with Gasteiger partial charge in [0.15, 0.2) is 0 Å². The second-order valence-electron chi connectivity index (χ2n) is 3.11. The number of benzene rings is 1. The van der Waals surface area contributed by atoms with Gasteiger partial charge in [-0.2, -0.15) is 0 Å². The van der Waals surface area contributed by atoms with Gasteiger partial charge in [0.2, 0.25) is 0 Å². The highest BCUT2D eigenvalue weighted by molar-refractivity contribution is 5.86. The Labute approximate surface area is 80.7 Å². The maximum Gasteiger partial charge on any atom is 0.273 e. The van der Waals surface area contributed by atoms with Crippen LogP contribution in [0.25, 0.3) is 10.9 Å². The number of rotatable bonds is 2. The lowest BCUT2D eigenvalue weighted by molar-refractivity contribution is -0.385. The van der Waals surface area contributed by atoms with Crippen LogP contribution in [-0.4, -0.2) is 9.91 Å². The molecule has 14 heavy (non-hydrogen) atoms. The molecule has 0 spiro atoms. The summed E-state index contributed by atoms with van der Waals surface area (Å²) in [5, 5.41) is 11.7. The summed E-state index contributed by atoms with van der Waals surface area (Å²) in [6, 6.07) is 5.17. The van der Waals surface area contributed by atoms with E-state index in [0.717, 1.165) is 16.5 Å². The van der Waals surface area contributed by atoms with E-state index in [2.05, 4.69) is 4.98 Å². The summed E-state index contributed by atoms with van der Waals surface area (Å²) in [6.45, 7) is 1.93. The van der Waals surface area contributed by atoms with Crippen LogP contribution in [0.4, 0.5) is 5.69 Å². The third-order valence-corrected chi connectivity index (χ3v) is 2.37. The molecule has 72 valence electrons. The van der Waals surface area contributed by atoms with Crippen molar-refractivity contribution in [2.24, 2.45) is 0 Å². The second kappa shape index (κ2) is 3.14. The van der Waals surface area contributed by atoms with Crippen LogP contribution in [0.5, 0.6) is 0 Å². The molecule has 1 aromatic heterocycles. The van der Waals surface area contributed by atoms with E-state index in [4.69, 9.17) is 0 Å². The van der Waals surface area contributed by atoms with Crippen LogP contribution >= 0.6 is 0 Å². The number of aromatic nitrogens is 1. The Kier molecular flexibility index (Phi) is 1.96. The van der Waals surface area contributed by atoms with Crippen LogP contribution in [0, 0.1) is 10.1 Å². The molecule has 0 radical (unpaired) electrons. The lowest BCUT2D eigenvalue weighted by atomic mass is 10.1. The Morgan fingerprint density at radius 2 is 2.21 bits per heavy atom. The van der Waals surface area contributed by atoms with Gasteiger partial charge in [0, 0.05) is 28.7 Å². The number of nitrogens with one attached hydrogen (secondary N) is 1. The summed E-state index contributed by atoms with van der Waals surface area (Å²) in [5.41, 5.74) is 1.96. The van der Waals surface area contributed by atoms with Crippen molar-refractivity contribution in [3.8, 4) is 0 Å². The fourth-order valence-electron chi connectivity index (χ4n) is 1.73. The Morgan fingerprint density at radius 3 is 2.86 bits per heavy atom. The molecule has 0 atom stereocenters. The predicted molar refractivity (Wildman–Crippen MR) is 54.3 cm³/mol. The first kappa shape index (κ1) is 8.74. The van der Waals surface area contributed by atoms with Gasteiger partial charge in [-0.1, -0.05) is 6.92 Å². The third kappa shape index (κ3) is 1.16. The zero-order valence-electron chi connectivity index (χ0n) is 7.78. The molecule has 0 aliphatic rings. The molecule has 1 heterocycles. The molecule has 1 aromatic carbocycles. The van der Waals surface area contributed by atoms with Crippen molar-refractivity contribution in [2.75, 3.05) is 0 Å². The topological polar surface area (TPSA) is 58.9 Å². The normalized spacial score (nSPS) is 10.6. The van der Waals surface area contributed by atoms with E-state index in [1.54, 1.807) is 18.3 Å². The maximum absolute atomic E-state index is 10.7. The summed E-state index contributed by atoms with van der Waals surface area (Å²) in [6.07, 6.45) is 2.47. The Balaban J connectivity index is 2.78. The molecule has 0 unspecified atom stereocenters. The highest BCUT2D eigenvalue weighted by Gasteiger charge is 2.14. The van der Waals surface area contributed by atoms with Crippen LogP contribution in [0.2, 0.25) is 0 Å². The van der Waals surface area contributed by atoms with Gasteiger partial charge in [0.1, 0.15) is 0 Å². The molecule has 4 nitrogen and oxygen atoms in total. The SMILES string of the molecule is CCc1c([N+](=O)[O-])ccc2[nH]ccc12. The van der Waals surface area contributed by atoms with Crippen molar-refractivity contribution in [2.45, 2.75) is 13.3 Å². The minimum absolute atomic E-state index is 0.208. The molecule has 2 aromatic rings. The van der Waals surface area contributed by atoms with Gasteiger partial charge in [0.05, 0.1) is 4.92 Å². The van der Waals surface area contributed by atoms with Crippen molar-refractivity contribution in [3.63, 3.8) is 0 Å². The van der Waals surface area contributed by atoms with E-state index in [1.165, 1.54) is 0 Å². The van der Waals surface area contributed by atoms with Gasteiger partial charge in [0.25, 0.3) is 5.69 Å². The van der Waals surface area contributed by atoms with Gasteiger partial charge in [-0.15, -0.1) is 0 Å². The first-order valence-corrected chi connectivity index (χ1v) is 4.47. The Morgan fingerprint density at radius 1 is 1.43 bits per heavy atom. The number of nitrogens with zero attached hydrogens (tertiary/aromatic N) is 1. The lowest BCUT2D eigenvalue weighted by Gasteiger charge is -2.00. The molecule has 0 amide bonds. The maximum atomic E-state index is 10.7. The van der Waals surface area contributed by atoms with Crippen molar-refractivity contribution in [1.82, 2.24) is 4.98 Å². The van der Waals surface area contributed by atoms with Gasteiger partial charge in [-0.05, 0) is 18.6 Å².